The molecule has 1 fully saturated rings. The Morgan fingerprint density at radius 1 is 0.913 bits per heavy atom. The van der Waals surface area contributed by atoms with Crippen LogP contribution in [0.4, 0.5) is 0 Å². The number of rotatable bonds is 9. The van der Waals surface area contributed by atoms with Gasteiger partial charge in [0.15, 0.2) is 0 Å². The maximum absolute atomic E-state index is 11.6. The maximum atomic E-state index is 11.6. The molecule has 23 heavy (non-hydrogen) atoms. The van der Waals surface area contributed by atoms with Crippen LogP contribution in [-0.4, -0.2) is 68.7 Å². The monoisotopic (exact) mass is 326 g/mol. The molecule has 1 saturated heterocycles. The van der Waals surface area contributed by atoms with Crippen molar-refractivity contribution in [2.75, 3.05) is 32.7 Å². The highest BCUT2D eigenvalue weighted by molar-refractivity contribution is 5.91. The third-order valence-electron chi connectivity index (χ3n) is 3.05. The Labute approximate surface area is 133 Å². The van der Waals surface area contributed by atoms with Gasteiger partial charge in [0.05, 0.1) is 32.2 Å². The van der Waals surface area contributed by atoms with Gasteiger partial charge in [0.1, 0.15) is 0 Å². The van der Waals surface area contributed by atoms with Gasteiger partial charge in [-0.2, -0.15) is 0 Å². The standard InChI is InChI=1S/C13H20N5O5/c19-5-4-15-10(20)6-16-11(21)7-17-12(22)8-18-13(23)9-2-1-3-14-9/h9,14H,1-4,6-8H2,(H,15,20)(H,16,21)(H,17,22)(H,18,23)/t9-/m0/s1. The molecule has 0 aliphatic carbocycles. The molecule has 1 rings (SSSR count). The SMILES string of the molecule is O=[C]CNC(=O)CNC(=O)CNC(=O)CNC(=O)[C@@H]1CCCN1. The van der Waals surface area contributed by atoms with E-state index >= 15 is 0 Å². The fourth-order valence-corrected chi connectivity index (χ4v) is 1.88. The third-order valence-corrected chi connectivity index (χ3v) is 3.05. The molecule has 0 aromatic carbocycles. The predicted molar refractivity (Wildman–Crippen MR) is 78.8 cm³/mol. The van der Waals surface area contributed by atoms with E-state index in [1.807, 2.05) is 0 Å². The van der Waals surface area contributed by atoms with Gasteiger partial charge in [-0.15, -0.1) is 0 Å². The van der Waals surface area contributed by atoms with Crippen LogP contribution in [0.15, 0.2) is 0 Å². The molecule has 4 amide bonds. The Hall–Kier alpha value is -2.49. The van der Waals surface area contributed by atoms with E-state index in [0.29, 0.717) is 0 Å². The van der Waals surface area contributed by atoms with E-state index in [2.05, 4.69) is 26.6 Å². The molecule has 127 valence electrons. The summed E-state index contributed by atoms with van der Waals surface area (Å²) in [5.41, 5.74) is 0. The van der Waals surface area contributed by atoms with Crippen molar-refractivity contribution in [2.24, 2.45) is 0 Å². The van der Waals surface area contributed by atoms with Crippen molar-refractivity contribution >= 4 is 29.9 Å². The molecule has 5 N–H and O–H groups in total. The Morgan fingerprint density at radius 2 is 1.48 bits per heavy atom. The summed E-state index contributed by atoms with van der Waals surface area (Å²) in [7, 11) is 0. The lowest BCUT2D eigenvalue weighted by Crippen LogP contribution is -2.47. The second kappa shape index (κ2) is 10.3. The fraction of sp³-hybridized carbons (Fsp3) is 0.615. The van der Waals surface area contributed by atoms with Crippen LogP contribution in [0.2, 0.25) is 0 Å². The lowest BCUT2D eigenvalue weighted by atomic mass is 10.2. The normalized spacial score (nSPS) is 16.3. The second-order valence-corrected chi connectivity index (χ2v) is 4.84. The molecule has 0 unspecified atom stereocenters. The highest BCUT2D eigenvalue weighted by Crippen LogP contribution is 2.03. The molecule has 1 aliphatic heterocycles. The van der Waals surface area contributed by atoms with Crippen LogP contribution >= 0.6 is 0 Å². The van der Waals surface area contributed by atoms with Crippen molar-refractivity contribution in [3.05, 3.63) is 0 Å². The first kappa shape index (κ1) is 18.6. The molecule has 10 nitrogen and oxygen atoms in total. The summed E-state index contributed by atoms with van der Waals surface area (Å²) in [6.45, 7) is -0.312. The Kier molecular flexibility index (Phi) is 8.29. The molecule has 0 spiro atoms. The van der Waals surface area contributed by atoms with Crippen LogP contribution in [0.25, 0.3) is 0 Å². The van der Waals surface area contributed by atoms with Crippen molar-refractivity contribution in [3.8, 4) is 0 Å². The summed E-state index contributed by atoms with van der Waals surface area (Å²) in [4.78, 5) is 55.5. The van der Waals surface area contributed by atoms with Gasteiger partial charge in [-0.3, -0.25) is 24.0 Å². The van der Waals surface area contributed by atoms with Crippen LogP contribution in [0.5, 0.6) is 0 Å². The summed E-state index contributed by atoms with van der Waals surface area (Å²) in [6.07, 6.45) is 3.13. The number of nitrogens with one attached hydrogen (secondary N) is 5. The zero-order chi connectivity index (χ0) is 17.1. The van der Waals surface area contributed by atoms with Crippen LogP contribution in [0.3, 0.4) is 0 Å². The van der Waals surface area contributed by atoms with Crippen molar-refractivity contribution < 1.29 is 24.0 Å². The van der Waals surface area contributed by atoms with E-state index < -0.39 is 17.7 Å². The number of carbonyl (C=O) groups excluding carboxylic acids is 5. The second-order valence-electron chi connectivity index (χ2n) is 4.84. The van der Waals surface area contributed by atoms with Crippen LogP contribution in [0.1, 0.15) is 12.8 Å². The zero-order valence-electron chi connectivity index (χ0n) is 12.6. The minimum atomic E-state index is -0.563. The van der Waals surface area contributed by atoms with E-state index in [0.717, 1.165) is 19.4 Å². The first-order valence-electron chi connectivity index (χ1n) is 7.19. The van der Waals surface area contributed by atoms with E-state index in [-0.39, 0.29) is 38.1 Å². The molecule has 1 atom stereocenters. The summed E-state index contributed by atoms with van der Waals surface area (Å²) in [6, 6.07) is -0.270. The van der Waals surface area contributed by atoms with Crippen molar-refractivity contribution in [1.29, 1.82) is 0 Å². The molecule has 0 bridgehead atoms. The highest BCUT2D eigenvalue weighted by atomic mass is 16.2. The number of amides is 4. The smallest absolute Gasteiger partial charge is 0.239 e. The highest BCUT2D eigenvalue weighted by Gasteiger charge is 2.22. The Balaban J connectivity index is 2.10. The van der Waals surface area contributed by atoms with Crippen molar-refractivity contribution in [2.45, 2.75) is 18.9 Å². The summed E-state index contributed by atoms with van der Waals surface area (Å²) in [5, 5.41) is 12.3. The topological polar surface area (TPSA) is 146 Å². The first-order valence-corrected chi connectivity index (χ1v) is 7.19. The van der Waals surface area contributed by atoms with Crippen LogP contribution < -0.4 is 26.6 Å². The average molecular weight is 326 g/mol. The van der Waals surface area contributed by atoms with E-state index in [1.54, 1.807) is 0 Å². The van der Waals surface area contributed by atoms with Crippen molar-refractivity contribution in [1.82, 2.24) is 26.6 Å². The zero-order valence-corrected chi connectivity index (χ0v) is 12.6. The van der Waals surface area contributed by atoms with Gasteiger partial charge >= 0.3 is 0 Å². The summed E-state index contributed by atoms with van der Waals surface area (Å²) in [5.74, 6) is -1.85. The third kappa shape index (κ3) is 7.90. The summed E-state index contributed by atoms with van der Waals surface area (Å²) < 4.78 is 0. The lowest BCUT2D eigenvalue weighted by Gasteiger charge is -2.11. The van der Waals surface area contributed by atoms with Gasteiger partial charge in [0.25, 0.3) is 0 Å². The van der Waals surface area contributed by atoms with Gasteiger partial charge in [-0.05, 0) is 19.4 Å². The molecule has 1 radical (unpaired) electrons. The van der Waals surface area contributed by atoms with Crippen LogP contribution in [-0.2, 0) is 24.0 Å². The molecule has 10 heteroatoms. The van der Waals surface area contributed by atoms with Gasteiger partial charge in [0, 0.05) is 0 Å². The molecule has 1 heterocycles. The molecule has 0 aromatic rings. The minimum Gasteiger partial charge on any atom is -0.347 e. The van der Waals surface area contributed by atoms with Gasteiger partial charge in [-0.1, -0.05) is 0 Å². The molecule has 0 aromatic heterocycles. The Bertz CT molecular complexity index is 462. The number of hydrogen-bond donors (Lipinski definition) is 5. The fourth-order valence-electron chi connectivity index (χ4n) is 1.88. The van der Waals surface area contributed by atoms with Gasteiger partial charge in [-0.25, -0.2) is 0 Å². The largest absolute Gasteiger partial charge is 0.347 e. The summed E-state index contributed by atoms with van der Waals surface area (Å²) >= 11 is 0. The average Bonchev–Trinajstić information content (AvgIpc) is 3.08. The minimum absolute atomic E-state index is 0.222. The predicted octanol–water partition coefficient (Wildman–Crippen LogP) is -3.69. The number of hydrogen-bond acceptors (Lipinski definition) is 6. The van der Waals surface area contributed by atoms with Gasteiger partial charge in [0.2, 0.25) is 29.9 Å². The number of carbonyl (C=O) groups is 4. The Morgan fingerprint density at radius 3 is 2.00 bits per heavy atom. The van der Waals surface area contributed by atoms with Gasteiger partial charge < -0.3 is 26.6 Å². The molecule has 0 saturated carbocycles. The first-order chi connectivity index (χ1) is 11.0. The van der Waals surface area contributed by atoms with E-state index in [1.165, 1.54) is 6.29 Å². The van der Waals surface area contributed by atoms with E-state index in [4.69, 9.17) is 0 Å². The molecular weight excluding hydrogens is 306 g/mol. The van der Waals surface area contributed by atoms with Crippen molar-refractivity contribution in [3.63, 3.8) is 0 Å². The lowest BCUT2D eigenvalue weighted by molar-refractivity contribution is -0.129. The quantitative estimate of drug-likeness (QED) is 0.295. The molecule has 1 aliphatic rings. The maximum Gasteiger partial charge on any atom is 0.239 e. The van der Waals surface area contributed by atoms with Crippen LogP contribution in [0, 0.1) is 0 Å². The van der Waals surface area contributed by atoms with E-state index in [9.17, 15) is 24.0 Å². The molecular formula is C13H20N5O5.